The molecule has 0 aromatic heterocycles. The summed E-state index contributed by atoms with van der Waals surface area (Å²) in [5, 5.41) is 11.6. The van der Waals surface area contributed by atoms with Crippen molar-refractivity contribution in [2.24, 2.45) is 0 Å². The fourth-order valence-electron chi connectivity index (χ4n) is 3.81. The number of nitrogens with zero attached hydrogens (tertiary/aromatic N) is 2. The molecule has 4 rings (SSSR count). The van der Waals surface area contributed by atoms with Crippen molar-refractivity contribution in [3.63, 3.8) is 0 Å². The maximum absolute atomic E-state index is 13.4. The van der Waals surface area contributed by atoms with Crippen molar-refractivity contribution < 1.29 is 29.0 Å². The Morgan fingerprint density at radius 1 is 1.06 bits per heavy atom. The van der Waals surface area contributed by atoms with Crippen molar-refractivity contribution >= 4 is 68.9 Å². The van der Waals surface area contributed by atoms with Gasteiger partial charge in [-0.1, -0.05) is 42.2 Å². The number of methoxy groups -OCH3 is 1. The fraction of sp³-hybridized carbons (Fsp3) is 0.208. The Balaban J connectivity index is 1.56. The van der Waals surface area contributed by atoms with Crippen molar-refractivity contribution in [3.8, 4) is 5.75 Å². The van der Waals surface area contributed by atoms with Crippen molar-refractivity contribution in [2.75, 3.05) is 30.4 Å². The molecule has 0 spiro atoms. The third-order valence-corrected chi connectivity index (χ3v) is 6.90. The molecule has 2 aromatic carbocycles. The van der Waals surface area contributed by atoms with Crippen LogP contribution < -0.4 is 15.0 Å². The van der Waals surface area contributed by atoms with Crippen molar-refractivity contribution in [1.82, 2.24) is 4.90 Å². The molecule has 11 heteroatoms. The summed E-state index contributed by atoms with van der Waals surface area (Å²) in [5.74, 6) is -1.62. The number of thiocarbonyl (C=S) groups is 1. The highest BCUT2D eigenvalue weighted by atomic mass is 32.2. The van der Waals surface area contributed by atoms with Gasteiger partial charge in [-0.05, 0) is 36.8 Å². The molecule has 3 amide bonds. The van der Waals surface area contributed by atoms with E-state index in [0.717, 1.165) is 11.8 Å². The number of fused-ring (bicyclic) bond motifs is 1. The number of para-hydroxylation sites is 1. The van der Waals surface area contributed by atoms with Gasteiger partial charge >= 0.3 is 5.97 Å². The summed E-state index contributed by atoms with van der Waals surface area (Å²) in [4.78, 5) is 53.0. The average molecular weight is 512 g/mol. The number of carbonyl (C=O) groups is 4. The van der Waals surface area contributed by atoms with E-state index in [1.54, 1.807) is 55.6 Å². The number of benzene rings is 2. The minimum Gasteiger partial charge on any atom is -0.497 e. The van der Waals surface area contributed by atoms with Crippen LogP contribution in [0, 0.1) is 0 Å². The standard InChI is InChI=1S/C24H21N3O6S2/c1-33-15-10-8-14(9-11-15)25-18(28)13-27-17-6-3-2-5-16(17)20(22(27)31)21-23(32)26(24(34)35-21)12-4-7-19(29)30/h2-3,5-6,8-11H,4,7,12-13H2,1H3,(H,25,28)(H,29,30). The molecule has 1 saturated heterocycles. The van der Waals surface area contributed by atoms with Gasteiger partial charge in [0.2, 0.25) is 5.91 Å². The van der Waals surface area contributed by atoms with E-state index in [9.17, 15) is 19.2 Å². The highest BCUT2D eigenvalue weighted by Gasteiger charge is 2.42. The maximum atomic E-state index is 13.4. The monoisotopic (exact) mass is 511 g/mol. The molecule has 180 valence electrons. The van der Waals surface area contributed by atoms with Gasteiger partial charge in [-0.25, -0.2) is 0 Å². The molecule has 2 aromatic rings. The van der Waals surface area contributed by atoms with E-state index in [4.69, 9.17) is 22.1 Å². The van der Waals surface area contributed by atoms with E-state index in [2.05, 4.69) is 5.32 Å². The lowest BCUT2D eigenvalue weighted by Gasteiger charge is -2.17. The van der Waals surface area contributed by atoms with E-state index in [1.165, 1.54) is 9.80 Å². The summed E-state index contributed by atoms with van der Waals surface area (Å²) >= 11 is 6.34. The summed E-state index contributed by atoms with van der Waals surface area (Å²) < 4.78 is 5.38. The highest BCUT2D eigenvalue weighted by Crippen LogP contribution is 2.44. The van der Waals surface area contributed by atoms with Crippen LogP contribution in [0.3, 0.4) is 0 Å². The number of ether oxygens (including phenoxy) is 1. The molecule has 1 fully saturated rings. The van der Waals surface area contributed by atoms with Crippen LogP contribution in [0.1, 0.15) is 18.4 Å². The van der Waals surface area contributed by atoms with E-state index in [1.807, 2.05) is 0 Å². The van der Waals surface area contributed by atoms with Crippen LogP contribution in [0.2, 0.25) is 0 Å². The molecular formula is C24H21N3O6S2. The minimum atomic E-state index is -0.961. The van der Waals surface area contributed by atoms with Crippen molar-refractivity contribution in [1.29, 1.82) is 0 Å². The van der Waals surface area contributed by atoms with E-state index in [-0.39, 0.29) is 40.7 Å². The first kappa shape index (κ1) is 24.4. The van der Waals surface area contributed by atoms with Gasteiger partial charge in [-0.2, -0.15) is 0 Å². The molecule has 0 aliphatic carbocycles. The van der Waals surface area contributed by atoms with Crippen LogP contribution >= 0.6 is 24.0 Å². The third-order valence-electron chi connectivity index (χ3n) is 5.45. The summed E-state index contributed by atoms with van der Waals surface area (Å²) in [6.45, 7) is -0.0954. The van der Waals surface area contributed by atoms with Crippen LogP contribution in [0.25, 0.3) is 5.57 Å². The number of hydrogen-bond acceptors (Lipinski definition) is 7. The second-order valence-electron chi connectivity index (χ2n) is 7.71. The number of carbonyl (C=O) groups excluding carboxylic acids is 3. The molecule has 2 heterocycles. The number of aliphatic carboxylic acids is 1. The van der Waals surface area contributed by atoms with E-state index >= 15 is 0 Å². The number of anilines is 2. The van der Waals surface area contributed by atoms with Gasteiger partial charge in [0.1, 0.15) is 16.6 Å². The molecule has 2 aliphatic rings. The van der Waals surface area contributed by atoms with Gasteiger partial charge in [0, 0.05) is 24.2 Å². The average Bonchev–Trinajstić information content (AvgIpc) is 3.26. The van der Waals surface area contributed by atoms with Crippen LogP contribution in [-0.2, 0) is 19.2 Å². The van der Waals surface area contributed by atoms with Gasteiger partial charge in [-0.15, -0.1) is 0 Å². The van der Waals surface area contributed by atoms with Crippen LogP contribution in [0.4, 0.5) is 11.4 Å². The molecule has 0 unspecified atom stereocenters. The first-order chi connectivity index (χ1) is 16.8. The number of amides is 3. The SMILES string of the molecule is COc1ccc(NC(=O)CN2C(=O)C(=C3SC(=S)N(CCCC(=O)O)C3=O)c3ccccc32)cc1. The maximum Gasteiger partial charge on any atom is 0.303 e. The molecule has 2 aliphatic heterocycles. The molecule has 35 heavy (non-hydrogen) atoms. The first-order valence-corrected chi connectivity index (χ1v) is 11.9. The number of hydrogen-bond donors (Lipinski definition) is 2. The Bertz CT molecular complexity index is 1260. The smallest absolute Gasteiger partial charge is 0.303 e. The predicted octanol–water partition coefficient (Wildman–Crippen LogP) is 3.12. The number of rotatable bonds is 8. The second-order valence-corrected chi connectivity index (χ2v) is 9.36. The number of carboxylic acid groups (broad SMARTS) is 1. The normalized spacial score (nSPS) is 17.1. The quantitative estimate of drug-likeness (QED) is 0.410. The number of carboxylic acids is 1. The lowest BCUT2D eigenvalue weighted by molar-refractivity contribution is -0.137. The zero-order valence-corrected chi connectivity index (χ0v) is 20.3. The number of thioether (sulfide) groups is 1. The fourth-order valence-corrected chi connectivity index (χ4v) is 5.19. The Hall–Kier alpha value is -3.70. The third kappa shape index (κ3) is 5.05. The van der Waals surface area contributed by atoms with E-state index in [0.29, 0.717) is 22.7 Å². The summed E-state index contributed by atoms with van der Waals surface area (Å²) in [6, 6.07) is 13.7. The molecule has 9 nitrogen and oxygen atoms in total. The van der Waals surface area contributed by atoms with Crippen LogP contribution in [0.5, 0.6) is 5.75 Å². The van der Waals surface area contributed by atoms with Crippen molar-refractivity contribution in [3.05, 3.63) is 59.0 Å². The highest BCUT2D eigenvalue weighted by molar-refractivity contribution is 8.26. The Kier molecular flexibility index (Phi) is 7.17. The second kappa shape index (κ2) is 10.3. The lowest BCUT2D eigenvalue weighted by atomic mass is 10.1. The molecule has 0 saturated carbocycles. The van der Waals surface area contributed by atoms with Crippen LogP contribution in [0.15, 0.2) is 53.4 Å². The first-order valence-electron chi connectivity index (χ1n) is 10.6. The topological polar surface area (TPSA) is 116 Å². The summed E-state index contributed by atoms with van der Waals surface area (Å²) in [5.41, 5.74) is 1.81. The number of nitrogens with one attached hydrogen (secondary N) is 1. The van der Waals surface area contributed by atoms with Gasteiger partial charge in [0.15, 0.2) is 0 Å². The largest absolute Gasteiger partial charge is 0.497 e. The summed E-state index contributed by atoms with van der Waals surface area (Å²) in [7, 11) is 1.55. The zero-order valence-electron chi connectivity index (χ0n) is 18.6. The zero-order chi connectivity index (χ0) is 25.1. The van der Waals surface area contributed by atoms with E-state index < -0.39 is 23.7 Å². The molecule has 0 radical (unpaired) electrons. The summed E-state index contributed by atoms with van der Waals surface area (Å²) in [6.07, 6.45) is 0.147. The Morgan fingerprint density at radius 2 is 1.77 bits per heavy atom. The van der Waals surface area contributed by atoms with Gasteiger partial charge in [0.25, 0.3) is 11.8 Å². The molecular weight excluding hydrogens is 490 g/mol. The molecule has 0 atom stereocenters. The molecule has 0 bridgehead atoms. The minimum absolute atomic E-state index is 0.0954. The lowest BCUT2D eigenvalue weighted by Crippen LogP contribution is -2.35. The predicted molar refractivity (Wildman–Crippen MR) is 136 cm³/mol. The van der Waals surface area contributed by atoms with Gasteiger partial charge < -0.3 is 15.2 Å². The van der Waals surface area contributed by atoms with Crippen LogP contribution in [-0.4, -0.2) is 58.2 Å². The van der Waals surface area contributed by atoms with Crippen molar-refractivity contribution in [2.45, 2.75) is 12.8 Å². The molecule has 2 N–H and O–H groups in total. The Labute approximate surface area is 210 Å². The Morgan fingerprint density at radius 3 is 2.46 bits per heavy atom. The van der Waals surface area contributed by atoms with Gasteiger partial charge in [-0.3, -0.25) is 29.0 Å². The van der Waals surface area contributed by atoms with Gasteiger partial charge in [0.05, 0.1) is 23.3 Å².